The fourth-order valence-corrected chi connectivity index (χ4v) is 5.95. The molecule has 0 fully saturated rings. The SMILES string of the molecule is CCOC(=O)C1=C(C)N=c2s/c(=C\c3cc(Cl)c(OCC(=O)O)c(OC)c3)c(=O)n2[C@H]1c1ccc(OCC(=O)OC)c(OCC)c1. The van der Waals surface area contributed by atoms with E-state index < -0.39 is 36.1 Å². The maximum absolute atomic E-state index is 14.1. The number of rotatable bonds is 13. The van der Waals surface area contributed by atoms with Crippen LogP contribution in [0, 0.1) is 0 Å². The maximum Gasteiger partial charge on any atom is 0.343 e. The molecule has 4 rings (SSSR count). The van der Waals surface area contributed by atoms with Crippen molar-refractivity contribution >= 4 is 46.9 Å². The standard InChI is InChI=1S/C31H31ClN2O11S/c1-6-42-21-13-18(8-9-20(21)44-15-25(37)41-5)27-26(30(39)43-7-2)16(3)33-31-34(27)29(38)23(46-31)12-17-10-19(32)28(22(11-17)40-4)45-14-24(35)36/h8-13,27H,6-7,14-15H2,1-5H3,(H,35,36)/b23-12-/t27-/m0/s1. The molecule has 2 heterocycles. The molecule has 3 aromatic rings. The fraction of sp³-hybridized carbons (Fsp3) is 0.323. The van der Waals surface area contributed by atoms with Crippen molar-refractivity contribution < 1.29 is 47.9 Å². The minimum atomic E-state index is -1.19. The van der Waals surface area contributed by atoms with Crippen molar-refractivity contribution in [2.45, 2.75) is 26.8 Å². The number of allylic oxidation sites excluding steroid dienone is 1. The highest BCUT2D eigenvalue weighted by Crippen LogP contribution is 2.38. The average Bonchev–Trinajstić information content (AvgIpc) is 3.32. The van der Waals surface area contributed by atoms with Crippen LogP contribution in [-0.2, 0) is 23.9 Å². The Morgan fingerprint density at radius 2 is 1.78 bits per heavy atom. The van der Waals surface area contributed by atoms with Gasteiger partial charge < -0.3 is 33.5 Å². The van der Waals surface area contributed by atoms with Gasteiger partial charge in [0.05, 0.1) is 54.3 Å². The van der Waals surface area contributed by atoms with Crippen LogP contribution >= 0.6 is 22.9 Å². The van der Waals surface area contributed by atoms with Crippen molar-refractivity contribution in [2.24, 2.45) is 4.99 Å². The number of aromatic nitrogens is 1. The summed E-state index contributed by atoms with van der Waals surface area (Å²) in [4.78, 5) is 54.9. The summed E-state index contributed by atoms with van der Waals surface area (Å²) in [6.45, 7) is 4.52. The van der Waals surface area contributed by atoms with Crippen LogP contribution in [0.4, 0.5) is 0 Å². The molecule has 0 amide bonds. The molecule has 0 unspecified atom stereocenters. The number of hydrogen-bond acceptors (Lipinski definition) is 12. The highest BCUT2D eigenvalue weighted by Gasteiger charge is 2.34. The van der Waals surface area contributed by atoms with E-state index in [1.807, 2.05) is 0 Å². The summed E-state index contributed by atoms with van der Waals surface area (Å²) in [5, 5.41) is 9.06. The van der Waals surface area contributed by atoms with E-state index in [1.54, 1.807) is 51.1 Å². The molecule has 0 spiro atoms. The molecule has 13 nitrogen and oxygen atoms in total. The Labute approximate surface area is 271 Å². The Kier molecular flexibility index (Phi) is 11.1. The minimum Gasteiger partial charge on any atom is -0.493 e. The largest absolute Gasteiger partial charge is 0.493 e. The predicted octanol–water partition coefficient (Wildman–Crippen LogP) is 2.87. The van der Waals surface area contributed by atoms with Gasteiger partial charge in [0.25, 0.3) is 5.56 Å². The number of nitrogens with zero attached hydrogens (tertiary/aromatic N) is 2. The van der Waals surface area contributed by atoms with Crippen molar-refractivity contribution in [3.05, 3.63) is 77.4 Å². The molecule has 0 saturated carbocycles. The maximum atomic E-state index is 14.1. The number of ether oxygens (including phenoxy) is 6. The molecule has 0 saturated heterocycles. The van der Waals surface area contributed by atoms with Crippen molar-refractivity contribution in [2.75, 3.05) is 40.6 Å². The number of benzene rings is 2. The second-order valence-corrected chi connectivity index (χ2v) is 10.9. The first kappa shape index (κ1) is 34.1. The molecule has 1 aliphatic heterocycles. The van der Waals surface area contributed by atoms with Crippen LogP contribution in [0.3, 0.4) is 0 Å². The lowest BCUT2D eigenvalue weighted by Crippen LogP contribution is -2.40. The van der Waals surface area contributed by atoms with E-state index in [1.165, 1.54) is 24.9 Å². The summed E-state index contributed by atoms with van der Waals surface area (Å²) in [6, 6.07) is 6.99. The van der Waals surface area contributed by atoms with E-state index >= 15 is 0 Å². The van der Waals surface area contributed by atoms with Gasteiger partial charge in [0.2, 0.25) is 0 Å². The molecule has 0 bridgehead atoms. The molecule has 1 N–H and O–H groups in total. The van der Waals surface area contributed by atoms with Crippen LogP contribution < -0.4 is 33.8 Å². The van der Waals surface area contributed by atoms with Gasteiger partial charge in [-0.15, -0.1) is 0 Å². The van der Waals surface area contributed by atoms with Crippen LogP contribution in [0.5, 0.6) is 23.0 Å². The zero-order chi connectivity index (χ0) is 33.5. The summed E-state index contributed by atoms with van der Waals surface area (Å²) in [5.74, 6) is -1.64. The third-order valence-corrected chi connectivity index (χ3v) is 7.83. The predicted molar refractivity (Wildman–Crippen MR) is 167 cm³/mol. The lowest BCUT2D eigenvalue weighted by molar-refractivity contribution is -0.143. The average molecular weight is 675 g/mol. The first-order chi connectivity index (χ1) is 22.0. The van der Waals surface area contributed by atoms with Crippen molar-refractivity contribution in [1.82, 2.24) is 4.57 Å². The zero-order valence-electron chi connectivity index (χ0n) is 25.6. The minimum absolute atomic E-state index is 0.0454. The van der Waals surface area contributed by atoms with E-state index in [-0.39, 0.29) is 57.9 Å². The first-order valence-corrected chi connectivity index (χ1v) is 15.1. The fourth-order valence-electron chi connectivity index (χ4n) is 4.63. The number of fused-ring (bicyclic) bond motifs is 1. The second-order valence-electron chi connectivity index (χ2n) is 9.52. The molecule has 0 aliphatic carbocycles. The Hall–Kier alpha value is -4.82. The van der Waals surface area contributed by atoms with Gasteiger partial charge in [-0.2, -0.15) is 0 Å². The molecule has 15 heteroatoms. The molecule has 0 radical (unpaired) electrons. The van der Waals surface area contributed by atoms with Crippen LogP contribution in [0.2, 0.25) is 5.02 Å². The summed E-state index contributed by atoms with van der Waals surface area (Å²) in [5.41, 5.74) is 1.05. The van der Waals surface area contributed by atoms with Crippen molar-refractivity contribution in [1.29, 1.82) is 0 Å². The Morgan fingerprint density at radius 1 is 1.02 bits per heavy atom. The Bertz CT molecular complexity index is 1880. The Morgan fingerprint density at radius 3 is 2.43 bits per heavy atom. The molecular formula is C31H31ClN2O11S. The molecule has 2 aromatic carbocycles. The van der Waals surface area contributed by atoms with E-state index in [2.05, 4.69) is 9.73 Å². The number of aliphatic carboxylic acids is 1. The quantitative estimate of drug-likeness (QED) is 0.266. The molecule has 1 aromatic heterocycles. The third kappa shape index (κ3) is 7.35. The van der Waals surface area contributed by atoms with Gasteiger partial charge in [0.1, 0.15) is 0 Å². The molecular weight excluding hydrogens is 644 g/mol. The van der Waals surface area contributed by atoms with Gasteiger partial charge in [-0.3, -0.25) is 9.36 Å². The monoisotopic (exact) mass is 674 g/mol. The van der Waals surface area contributed by atoms with E-state index in [9.17, 15) is 19.2 Å². The van der Waals surface area contributed by atoms with Crippen LogP contribution in [0.1, 0.15) is 37.9 Å². The van der Waals surface area contributed by atoms with Gasteiger partial charge in [-0.05, 0) is 62.2 Å². The van der Waals surface area contributed by atoms with Gasteiger partial charge in [-0.25, -0.2) is 19.4 Å². The molecule has 1 atom stereocenters. The van der Waals surface area contributed by atoms with Gasteiger partial charge in [-0.1, -0.05) is 29.0 Å². The normalized spacial score (nSPS) is 14.2. The summed E-state index contributed by atoms with van der Waals surface area (Å²) in [6.07, 6.45) is 1.58. The van der Waals surface area contributed by atoms with Crippen LogP contribution in [0.25, 0.3) is 6.08 Å². The number of methoxy groups -OCH3 is 2. The molecule has 244 valence electrons. The Balaban J connectivity index is 1.88. The van der Waals surface area contributed by atoms with Crippen LogP contribution in [0.15, 0.2) is 51.4 Å². The van der Waals surface area contributed by atoms with E-state index in [0.29, 0.717) is 21.6 Å². The highest BCUT2D eigenvalue weighted by atomic mass is 35.5. The second kappa shape index (κ2) is 15.0. The zero-order valence-corrected chi connectivity index (χ0v) is 27.2. The number of thiazole rings is 1. The number of carbonyl (C=O) groups excluding carboxylic acids is 2. The molecule has 46 heavy (non-hydrogen) atoms. The number of carbonyl (C=O) groups is 3. The van der Waals surface area contributed by atoms with Crippen LogP contribution in [-0.4, -0.2) is 68.2 Å². The number of carboxylic acids is 1. The summed E-state index contributed by atoms with van der Waals surface area (Å²) < 4.78 is 33.7. The van der Waals surface area contributed by atoms with E-state index in [4.69, 9.17) is 40.4 Å². The number of halogens is 1. The van der Waals surface area contributed by atoms with Gasteiger partial charge >= 0.3 is 17.9 Å². The highest BCUT2D eigenvalue weighted by molar-refractivity contribution is 7.07. The van der Waals surface area contributed by atoms with Crippen molar-refractivity contribution in [3.8, 4) is 23.0 Å². The van der Waals surface area contributed by atoms with Gasteiger partial charge in [0, 0.05) is 0 Å². The van der Waals surface area contributed by atoms with E-state index in [0.717, 1.165) is 11.3 Å². The lowest BCUT2D eigenvalue weighted by atomic mass is 9.95. The molecule has 1 aliphatic rings. The summed E-state index contributed by atoms with van der Waals surface area (Å²) in [7, 11) is 2.62. The van der Waals surface area contributed by atoms with Crippen molar-refractivity contribution in [3.63, 3.8) is 0 Å². The first-order valence-electron chi connectivity index (χ1n) is 13.9. The topological polar surface area (TPSA) is 161 Å². The summed E-state index contributed by atoms with van der Waals surface area (Å²) >= 11 is 7.49. The lowest BCUT2D eigenvalue weighted by Gasteiger charge is -2.25. The van der Waals surface area contributed by atoms with Gasteiger partial charge in [0.15, 0.2) is 41.0 Å². The number of hydrogen-bond donors (Lipinski definition) is 1. The number of esters is 2. The number of carboxylic acid groups (broad SMARTS) is 1. The third-order valence-electron chi connectivity index (χ3n) is 6.56. The smallest absolute Gasteiger partial charge is 0.343 e.